The minimum atomic E-state index is -4.38. The largest absolute Gasteiger partial charge is 0.493 e. The molecule has 0 saturated carbocycles. The van der Waals surface area contributed by atoms with Gasteiger partial charge in [-0.1, -0.05) is 36.4 Å². The number of halogens is 3. The highest BCUT2D eigenvalue weighted by Crippen LogP contribution is 2.29. The lowest BCUT2D eigenvalue weighted by atomic mass is 10.1. The summed E-state index contributed by atoms with van der Waals surface area (Å²) in [5, 5.41) is 1.90. The smallest absolute Gasteiger partial charge is 0.416 e. The SMILES string of the molecule is O=C(/C=C/c1ccc(C(F)(F)F)cc1)c1ccc(OCCSc2ncnc3ccccc23)cc1. The minimum Gasteiger partial charge on any atom is -0.493 e. The number of ether oxygens (including phenoxy) is 1. The zero-order valence-corrected chi connectivity index (χ0v) is 18.6. The first-order valence-electron chi connectivity index (χ1n) is 10.4. The maximum Gasteiger partial charge on any atom is 0.416 e. The van der Waals surface area contributed by atoms with Crippen LogP contribution in [0.4, 0.5) is 13.2 Å². The summed E-state index contributed by atoms with van der Waals surface area (Å²) in [6.07, 6.45) is -0.0137. The van der Waals surface area contributed by atoms with Gasteiger partial charge in [-0.15, -0.1) is 11.8 Å². The molecule has 0 saturated heterocycles. The molecule has 0 N–H and O–H groups in total. The molecule has 1 aromatic heterocycles. The Morgan fingerprint density at radius 2 is 1.68 bits per heavy atom. The summed E-state index contributed by atoms with van der Waals surface area (Å²) in [5.41, 5.74) is 1.14. The summed E-state index contributed by atoms with van der Waals surface area (Å²) >= 11 is 1.58. The van der Waals surface area contributed by atoms with Crippen molar-refractivity contribution in [3.05, 3.63) is 102 Å². The number of carbonyl (C=O) groups excluding carboxylic acids is 1. The van der Waals surface area contributed by atoms with Crippen LogP contribution in [0.1, 0.15) is 21.5 Å². The van der Waals surface area contributed by atoms with E-state index in [1.54, 1.807) is 42.4 Å². The molecular weight excluding hydrogens is 461 g/mol. The van der Waals surface area contributed by atoms with Gasteiger partial charge in [-0.3, -0.25) is 4.79 Å². The van der Waals surface area contributed by atoms with Gasteiger partial charge in [0, 0.05) is 16.7 Å². The highest BCUT2D eigenvalue weighted by Gasteiger charge is 2.29. The summed E-state index contributed by atoms with van der Waals surface area (Å²) < 4.78 is 43.7. The van der Waals surface area contributed by atoms with Crippen molar-refractivity contribution in [3.63, 3.8) is 0 Å². The van der Waals surface area contributed by atoms with Crippen LogP contribution in [0.3, 0.4) is 0 Å². The third kappa shape index (κ3) is 6.02. The molecule has 4 nitrogen and oxygen atoms in total. The lowest BCUT2D eigenvalue weighted by molar-refractivity contribution is -0.137. The number of aromatic nitrogens is 2. The molecule has 8 heteroatoms. The fraction of sp³-hybridized carbons (Fsp3) is 0.115. The molecule has 0 bridgehead atoms. The summed E-state index contributed by atoms with van der Waals surface area (Å²) in [4.78, 5) is 20.9. The van der Waals surface area contributed by atoms with E-state index in [1.807, 2.05) is 24.3 Å². The van der Waals surface area contributed by atoms with Crippen molar-refractivity contribution >= 4 is 34.5 Å². The van der Waals surface area contributed by atoms with Crippen LogP contribution in [0.5, 0.6) is 5.75 Å². The molecule has 0 unspecified atom stereocenters. The average molecular weight is 481 g/mol. The summed E-state index contributed by atoms with van der Waals surface area (Å²) in [7, 11) is 0. The van der Waals surface area contributed by atoms with E-state index in [1.165, 1.54) is 24.3 Å². The topological polar surface area (TPSA) is 52.1 Å². The van der Waals surface area contributed by atoms with Gasteiger partial charge in [0.1, 0.15) is 17.1 Å². The van der Waals surface area contributed by atoms with Gasteiger partial charge in [-0.2, -0.15) is 13.2 Å². The van der Waals surface area contributed by atoms with Crippen molar-refractivity contribution in [2.24, 2.45) is 0 Å². The second kappa shape index (κ2) is 10.5. The van der Waals surface area contributed by atoms with E-state index in [-0.39, 0.29) is 5.78 Å². The highest BCUT2D eigenvalue weighted by atomic mass is 32.2. The van der Waals surface area contributed by atoms with Crippen molar-refractivity contribution in [2.45, 2.75) is 11.2 Å². The van der Waals surface area contributed by atoms with Gasteiger partial charge in [0.15, 0.2) is 5.78 Å². The number of carbonyl (C=O) groups is 1. The zero-order chi connectivity index (χ0) is 24.0. The molecule has 0 aliphatic heterocycles. The Labute approximate surface area is 198 Å². The van der Waals surface area contributed by atoms with Crippen molar-refractivity contribution in [2.75, 3.05) is 12.4 Å². The molecule has 0 spiro atoms. The Morgan fingerprint density at radius 1 is 0.941 bits per heavy atom. The number of alkyl halides is 3. The van der Waals surface area contributed by atoms with Crippen LogP contribution in [-0.2, 0) is 6.18 Å². The average Bonchev–Trinajstić information content (AvgIpc) is 2.85. The van der Waals surface area contributed by atoms with Gasteiger partial charge < -0.3 is 4.74 Å². The lowest BCUT2D eigenvalue weighted by Gasteiger charge is -2.07. The number of thioether (sulfide) groups is 1. The molecule has 1 heterocycles. The first-order valence-corrected chi connectivity index (χ1v) is 11.3. The van der Waals surface area contributed by atoms with E-state index in [0.717, 1.165) is 28.1 Å². The quantitative estimate of drug-likeness (QED) is 0.0922. The van der Waals surface area contributed by atoms with E-state index < -0.39 is 11.7 Å². The Morgan fingerprint density at radius 3 is 2.41 bits per heavy atom. The van der Waals surface area contributed by atoms with Crippen LogP contribution in [0.2, 0.25) is 0 Å². The normalized spacial score (nSPS) is 11.7. The first kappa shape index (κ1) is 23.5. The standard InChI is InChI=1S/C26H19F3N2O2S/c27-26(28,29)20-10-5-18(6-11-20)7-14-24(32)19-8-12-21(13-9-19)33-15-16-34-25-22-3-1-2-4-23(22)30-17-31-25/h1-14,17H,15-16H2/b14-7+. The molecule has 172 valence electrons. The summed E-state index contributed by atoms with van der Waals surface area (Å²) in [5.74, 6) is 1.08. The van der Waals surface area contributed by atoms with Gasteiger partial charge >= 0.3 is 6.18 Å². The molecule has 0 aliphatic rings. The molecule has 0 radical (unpaired) electrons. The number of ketones is 1. The monoisotopic (exact) mass is 480 g/mol. The predicted octanol–water partition coefficient (Wildman–Crippen LogP) is 6.72. The molecule has 0 atom stereocenters. The fourth-order valence-electron chi connectivity index (χ4n) is 3.16. The van der Waals surface area contributed by atoms with Crippen LogP contribution >= 0.6 is 11.8 Å². The number of para-hydroxylation sites is 1. The number of hydrogen-bond acceptors (Lipinski definition) is 5. The van der Waals surface area contributed by atoms with E-state index >= 15 is 0 Å². The third-order valence-corrected chi connectivity index (χ3v) is 5.87. The Kier molecular flexibility index (Phi) is 7.27. The van der Waals surface area contributed by atoms with E-state index in [9.17, 15) is 18.0 Å². The minimum absolute atomic E-state index is 0.252. The van der Waals surface area contributed by atoms with E-state index in [0.29, 0.717) is 29.2 Å². The van der Waals surface area contributed by atoms with Crippen LogP contribution in [0.25, 0.3) is 17.0 Å². The lowest BCUT2D eigenvalue weighted by Crippen LogP contribution is -2.04. The molecule has 34 heavy (non-hydrogen) atoms. The fourth-order valence-corrected chi connectivity index (χ4v) is 3.97. The second-order valence-corrected chi connectivity index (χ2v) is 8.32. The third-order valence-electron chi connectivity index (χ3n) is 4.90. The zero-order valence-electron chi connectivity index (χ0n) is 17.8. The second-order valence-electron chi connectivity index (χ2n) is 7.23. The molecule has 4 rings (SSSR count). The number of fused-ring (bicyclic) bond motifs is 1. The highest BCUT2D eigenvalue weighted by molar-refractivity contribution is 7.99. The maximum absolute atomic E-state index is 12.6. The van der Waals surface area contributed by atoms with Gasteiger partial charge in [-0.05, 0) is 54.1 Å². The number of rotatable bonds is 8. The molecule has 0 amide bonds. The van der Waals surface area contributed by atoms with Crippen molar-refractivity contribution in [3.8, 4) is 5.75 Å². The number of benzene rings is 3. The first-order chi connectivity index (χ1) is 16.4. The predicted molar refractivity (Wildman–Crippen MR) is 127 cm³/mol. The van der Waals surface area contributed by atoms with Gasteiger partial charge in [0.25, 0.3) is 0 Å². The van der Waals surface area contributed by atoms with Crippen LogP contribution < -0.4 is 4.74 Å². The summed E-state index contributed by atoms with van der Waals surface area (Å²) in [6.45, 7) is 0.462. The molecule has 0 fully saturated rings. The Hall–Kier alpha value is -3.65. The van der Waals surface area contributed by atoms with Crippen molar-refractivity contribution in [1.29, 1.82) is 0 Å². The van der Waals surface area contributed by atoms with E-state index in [2.05, 4.69) is 9.97 Å². The Bertz CT molecular complexity index is 1300. The van der Waals surface area contributed by atoms with Crippen LogP contribution in [-0.4, -0.2) is 28.1 Å². The molecule has 0 aliphatic carbocycles. The van der Waals surface area contributed by atoms with Crippen LogP contribution in [0, 0.1) is 0 Å². The maximum atomic E-state index is 12.6. The van der Waals surface area contributed by atoms with Gasteiger partial charge in [0.2, 0.25) is 0 Å². The number of nitrogens with zero attached hydrogens (tertiary/aromatic N) is 2. The van der Waals surface area contributed by atoms with E-state index in [4.69, 9.17) is 4.74 Å². The van der Waals surface area contributed by atoms with Crippen molar-refractivity contribution < 1.29 is 22.7 Å². The van der Waals surface area contributed by atoms with Gasteiger partial charge in [0.05, 0.1) is 17.7 Å². The molecule has 3 aromatic carbocycles. The Balaban J connectivity index is 1.28. The molecular formula is C26H19F3N2O2S. The van der Waals surface area contributed by atoms with Crippen LogP contribution in [0.15, 0.2) is 90.2 Å². The molecule has 4 aromatic rings. The number of hydrogen-bond donors (Lipinski definition) is 0. The summed E-state index contributed by atoms with van der Waals surface area (Å²) in [6, 6.07) is 19.2. The van der Waals surface area contributed by atoms with Gasteiger partial charge in [-0.25, -0.2) is 9.97 Å². The number of allylic oxidation sites excluding steroid dienone is 1. The van der Waals surface area contributed by atoms with Crippen molar-refractivity contribution in [1.82, 2.24) is 9.97 Å².